The monoisotopic (exact) mass is 1790 g/mol. The molecule has 0 aliphatic rings. The highest BCUT2D eigenvalue weighted by Gasteiger charge is 2.27. The van der Waals surface area contributed by atoms with Crippen LogP contribution in [0.25, 0.3) is 138 Å². The van der Waals surface area contributed by atoms with E-state index in [2.05, 4.69) is 130 Å². The predicted molar refractivity (Wildman–Crippen MR) is 522 cm³/mol. The van der Waals surface area contributed by atoms with E-state index < -0.39 is 0 Å². The number of nitrogens with one attached hydrogen (secondary N) is 7. The summed E-state index contributed by atoms with van der Waals surface area (Å²) in [5, 5.41) is 45.4. The minimum Gasteiger partial charge on any atom is -0.360 e. The Morgan fingerprint density at radius 2 is 0.741 bits per heavy atom. The number of aromatic amines is 3. The summed E-state index contributed by atoms with van der Waals surface area (Å²) in [6, 6.07) is 62.1. The summed E-state index contributed by atoms with van der Waals surface area (Å²) in [5.74, 6) is 2.55. The van der Waals surface area contributed by atoms with Crippen LogP contribution < -0.4 is 43.5 Å². The maximum Gasteiger partial charge on any atom is 0.263 e. The van der Waals surface area contributed by atoms with E-state index in [1.54, 1.807) is 91.3 Å². The quantitative estimate of drug-likeness (QED) is 0.0395. The molecule has 0 fully saturated rings. The van der Waals surface area contributed by atoms with Gasteiger partial charge >= 0.3 is 0 Å². The molecule has 7 aromatic carbocycles. The molecular formula is C100H87N31O4. The van der Waals surface area contributed by atoms with Crippen LogP contribution in [0.1, 0.15) is 80.2 Å². The number of aromatic nitrogens is 27. The number of imidazole rings is 3. The molecule has 35 heteroatoms. The Morgan fingerprint density at radius 3 is 1.20 bits per heavy atom. The average Bonchev–Trinajstić information content (AvgIpc) is 1.73. The number of hydrogen-bond donors (Lipinski definition) is 7. The van der Waals surface area contributed by atoms with Crippen LogP contribution >= 0.6 is 0 Å². The normalized spacial score (nSPS) is 12.3. The lowest BCUT2D eigenvalue weighted by Gasteiger charge is -2.22. The Hall–Kier alpha value is -18.3. The number of para-hydroxylation sites is 2. The zero-order valence-corrected chi connectivity index (χ0v) is 74.5. The summed E-state index contributed by atoms with van der Waals surface area (Å²) >= 11 is 0. The minimum absolute atomic E-state index is 0.0766. The number of aryl methyl sites for hydroxylation is 5. The van der Waals surface area contributed by atoms with E-state index in [1.807, 2.05) is 270 Å². The van der Waals surface area contributed by atoms with Gasteiger partial charge in [0.05, 0.1) is 83.2 Å². The van der Waals surface area contributed by atoms with Gasteiger partial charge in [0, 0.05) is 134 Å². The van der Waals surface area contributed by atoms with Crippen LogP contribution in [0.4, 0.5) is 23.3 Å². The fourth-order valence-corrected chi connectivity index (χ4v) is 17.3. The second-order valence-electron chi connectivity index (χ2n) is 32.7. The lowest BCUT2D eigenvalue weighted by Crippen LogP contribution is -2.26. The number of rotatable bonds is 19. The molecule has 0 spiro atoms. The molecule has 0 saturated carbocycles. The fourth-order valence-electron chi connectivity index (χ4n) is 17.3. The van der Waals surface area contributed by atoms with Gasteiger partial charge in [-0.15, -0.1) is 0 Å². The number of nitrogens with zero attached hydrogens (tertiary/aromatic N) is 24. The van der Waals surface area contributed by atoms with Crippen LogP contribution in [0.3, 0.4) is 0 Å². The van der Waals surface area contributed by atoms with E-state index in [4.69, 9.17) is 0 Å². The van der Waals surface area contributed by atoms with Gasteiger partial charge in [-0.25, -0.2) is 53.9 Å². The van der Waals surface area contributed by atoms with E-state index in [1.165, 1.54) is 25.3 Å². The van der Waals surface area contributed by atoms with Gasteiger partial charge in [-0.2, -0.15) is 30.6 Å². The van der Waals surface area contributed by atoms with Gasteiger partial charge in [-0.05, 0) is 157 Å². The van der Waals surface area contributed by atoms with Crippen molar-refractivity contribution >= 4 is 99.9 Å². The third-order valence-corrected chi connectivity index (χ3v) is 23.7. The van der Waals surface area contributed by atoms with Crippen LogP contribution in [-0.2, 0) is 28.2 Å². The fraction of sp³-hybridized carbons (Fsp3) is 0.130. The van der Waals surface area contributed by atoms with Gasteiger partial charge in [0.1, 0.15) is 41.9 Å². The first-order valence-electron chi connectivity index (χ1n) is 43.4. The zero-order valence-electron chi connectivity index (χ0n) is 74.5. The van der Waals surface area contributed by atoms with Gasteiger partial charge in [0.2, 0.25) is 0 Å². The third-order valence-electron chi connectivity index (χ3n) is 23.7. The molecule has 4 atom stereocenters. The molecular weight excluding hydrogens is 1700 g/mol. The van der Waals surface area contributed by atoms with Crippen molar-refractivity contribution in [2.75, 3.05) is 21.3 Å². The zero-order chi connectivity index (χ0) is 92.6. The molecule has 16 aromatic heterocycles. The van der Waals surface area contributed by atoms with Gasteiger partial charge in [0.15, 0.2) is 40.2 Å². The molecule has 0 radical (unpaired) electrons. The molecule has 0 aliphatic heterocycles. The van der Waals surface area contributed by atoms with Crippen LogP contribution in [0.2, 0.25) is 0 Å². The Morgan fingerprint density at radius 1 is 0.341 bits per heavy atom. The average molecular weight is 1790 g/mol. The highest BCUT2D eigenvalue weighted by molar-refractivity contribution is 6.00. The summed E-state index contributed by atoms with van der Waals surface area (Å²) < 4.78 is 15.7. The molecule has 135 heavy (non-hydrogen) atoms. The predicted octanol–water partition coefficient (Wildman–Crippen LogP) is 15.9. The first-order chi connectivity index (χ1) is 65.8. The smallest absolute Gasteiger partial charge is 0.263 e. The van der Waals surface area contributed by atoms with Crippen molar-refractivity contribution in [1.29, 1.82) is 0 Å². The Bertz CT molecular complexity index is 8390. The van der Waals surface area contributed by atoms with Gasteiger partial charge in [-0.3, -0.25) is 51.6 Å². The second-order valence-corrected chi connectivity index (χ2v) is 32.7. The van der Waals surface area contributed by atoms with E-state index in [9.17, 15) is 19.2 Å². The van der Waals surface area contributed by atoms with Gasteiger partial charge < -0.3 is 36.2 Å². The molecule has 0 aliphatic carbocycles. The lowest BCUT2D eigenvalue weighted by atomic mass is 9.99. The van der Waals surface area contributed by atoms with Crippen molar-refractivity contribution in [3.63, 3.8) is 0 Å². The molecule has 0 amide bonds. The van der Waals surface area contributed by atoms with Gasteiger partial charge in [-0.1, -0.05) is 121 Å². The first-order valence-corrected chi connectivity index (χ1v) is 43.4. The molecule has 23 rings (SSSR count). The number of fused-ring (bicyclic) bond motifs is 8. The minimum atomic E-state index is -0.259. The lowest BCUT2D eigenvalue weighted by molar-refractivity contribution is 0.767. The number of H-pyrrole nitrogens is 3. The summed E-state index contributed by atoms with van der Waals surface area (Å²) in [6.07, 6.45) is 29.2. The third kappa shape index (κ3) is 16.6. The Balaban J connectivity index is 0.000000112. The van der Waals surface area contributed by atoms with E-state index in [-0.39, 0.29) is 46.4 Å². The van der Waals surface area contributed by atoms with E-state index >= 15 is 0 Å². The van der Waals surface area contributed by atoms with Crippen LogP contribution in [0, 0.1) is 6.92 Å². The SMILES string of the molecule is C[C@H](Nc1ncnc2nc[nH]c12)c1cc2cccc(-c3cnn(C)c3)c2c(=O)[nH]1.C[C@H](Nc1ncnn2cccc12)c1cc2cccc(-c3cnn(C)c3)c2c(=O)n1-c1ccccc1.C[C@H](Nc1ncnn2ccnc12)c1cc2cccc(-c3cnn(C)c3)c2c(=O)n1-c1ccccc1.Cc1cccc(-n2c([C@H](C)Nc3ncnc4nc[nH]c34)cc3cccc(-c4cnn(C)c4)c3c2=O)c1. The second kappa shape index (κ2) is 36.0. The molecule has 0 bridgehead atoms. The number of hydrogen-bond acceptors (Lipinski definition) is 23. The van der Waals surface area contributed by atoms with Crippen molar-refractivity contribution in [3.8, 4) is 61.6 Å². The largest absolute Gasteiger partial charge is 0.360 e. The molecule has 7 N–H and O–H groups in total. The van der Waals surface area contributed by atoms with Crippen molar-refractivity contribution < 1.29 is 0 Å². The van der Waals surface area contributed by atoms with E-state index in [0.29, 0.717) is 67.3 Å². The summed E-state index contributed by atoms with van der Waals surface area (Å²) in [4.78, 5) is 103. The maximum absolute atomic E-state index is 14.3. The van der Waals surface area contributed by atoms with Crippen molar-refractivity contribution in [1.82, 2.24) is 132 Å². The van der Waals surface area contributed by atoms with Crippen molar-refractivity contribution in [2.45, 2.75) is 58.8 Å². The molecule has 666 valence electrons. The molecule has 35 nitrogen and oxygen atoms in total. The van der Waals surface area contributed by atoms with Crippen molar-refractivity contribution in [3.05, 3.63) is 370 Å². The van der Waals surface area contributed by atoms with Crippen LogP contribution in [0.15, 0.2) is 319 Å². The number of pyridine rings is 4. The Kier molecular flexibility index (Phi) is 22.6. The highest BCUT2D eigenvalue weighted by atomic mass is 16.1. The summed E-state index contributed by atoms with van der Waals surface area (Å²) in [7, 11) is 7.47. The topological polar surface area (TPSA) is 400 Å². The molecule has 23 aromatic rings. The number of benzene rings is 7. The Labute approximate surface area is 767 Å². The number of anilines is 4. The summed E-state index contributed by atoms with van der Waals surface area (Å²) in [6.45, 7) is 10.0. The molecule has 0 saturated heterocycles. The van der Waals surface area contributed by atoms with E-state index in [0.717, 1.165) is 122 Å². The molecule has 16 heterocycles. The highest BCUT2D eigenvalue weighted by Crippen LogP contribution is 2.37. The van der Waals surface area contributed by atoms with Crippen molar-refractivity contribution in [2.24, 2.45) is 28.2 Å². The molecule has 0 unspecified atom stereocenters. The van der Waals surface area contributed by atoms with Gasteiger partial charge in [0.25, 0.3) is 22.2 Å². The van der Waals surface area contributed by atoms with Crippen LogP contribution in [-0.4, -0.2) is 132 Å². The van der Waals surface area contributed by atoms with Crippen LogP contribution in [0.5, 0.6) is 0 Å². The maximum atomic E-state index is 14.3. The standard InChI is InChI=1S/C27H24N8O.C27H23N7O.C26H22N8O.C20H18N8O/c1-16-6-4-8-20(10-16)35-22(17(2)33-26-24-25(29-14-28-24)30-15-31-26)11-18-7-5-9-21(23(18)27(35)36)19-12-32-34(3)13-19;1-18(31-26-23-12-7-13-33(23)30-17-28-26)24-14-19-8-6-11-22(20-15-29-32(2)16-20)25(19)27(35)34(24)21-9-4-3-5-10-21;1-17(31-24-25-27-11-12-33(25)30-16-28-24)22-13-18-7-6-10-21(19-14-29-32(2)15-19)23(18)26(35)34(22)20-8-4-3-5-9-20;1-11(26-19-17-18(22-9-21-17)23-10-24-19)15-6-12-4-3-5-14(16(12)20(29)27-15)13-7-25-28(2)8-13/h4-15,17H,1-3H3,(H2,28,29,30,31,33);3-18H,1-2H3,(H,28,30,31);3-17H,1-2H3,(H,28,30,31);3-11H,1-2H3,(H,27,29)(H2,21,22,23,24,26)/t17-;18-;17-;11-/m0000/s1. The summed E-state index contributed by atoms with van der Waals surface area (Å²) in [5.41, 5.74) is 17.4. The first kappa shape index (κ1) is 84.8.